The predicted octanol–water partition coefficient (Wildman–Crippen LogP) is 7.16. The summed E-state index contributed by atoms with van der Waals surface area (Å²) in [6.45, 7) is 8.29. The van der Waals surface area contributed by atoms with Crippen molar-refractivity contribution in [2.75, 3.05) is 13.7 Å². The van der Waals surface area contributed by atoms with E-state index in [1.165, 1.54) is 13.2 Å². The Kier molecular flexibility index (Phi) is 11.0. The summed E-state index contributed by atoms with van der Waals surface area (Å²) in [6.07, 6.45) is 0.704. The van der Waals surface area contributed by atoms with Crippen molar-refractivity contribution in [2.24, 2.45) is 5.41 Å². The molecule has 53 heavy (non-hydrogen) atoms. The van der Waals surface area contributed by atoms with Crippen LogP contribution in [-0.4, -0.2) is 70.2 Å². The third kappa shape index (κ3) is 8.27. The van der Waals surface area contributed by atoms with Gasteiger partial charge in [0, 0.05) is 12.1 Å². The number of carboxylic acid groups (broad SMARTS) is 1. The van der Waals surface area contributed by atoms with Crippen LogP contribution in [0.3, 0.4) is 0 Å². The van der Waals surface area contributed by atoms with E-state index in [4.69, 9.17) is 14.2 Å². The molecular weight excluding hydrogens is 699 g/mol. The Morgan fingerprint density at radius 3 is 2.57 bits per heavy atom. The number of pyridine rings is 1. The molecule has 3 N–H and O–H groups in total. The summed E-state index contributed by atoms with van der Waals surface area (Å²) in [6, 6.07) is 25.2. The normalized spacial score (nSPS) is 16.8. The van der Waals surface area contributed by atoms with Crippen molar-refractivity contribution in [3.63, 3.8) is 0 Å². The van der Waals surface area contributed by atoms with Gasteiger partial charge in [-0.15, -0.1) is 15.9 Å². The number of aromatic carboxylic acids is 1. The van der Waals surface area contributed by atoms with Crippen LogP contribution in [0.2, 0.25) is 0 Å². The lowest BCUT2D eigenvalue weighted by atomic mass is 9.81. The van der Waals surface area contributed by atoms with E-state index in [0.29, 0.717) is 34.1 Å². The number of fused-ring (bicyclic) bond motifs is 1. The van der Waals surface area contributed by atoms with Crippen molar-refractivity contribution in [2.45, 2.75) is 64.5 Å². The Labute approximate surface area is 309 Å². The molecule has 0 spiro atoms. The molecule has 13 nitrogen and oxygen atoms in total. The molecule has 1 unspecified atom stereocenters. The van der Waals surface area contributed by atoms with Crippen LogP contribution in [0.4, 0.5) is 0 Å². The van der Waals surface area contributed by atoms with Crippen molar-refractivity contribution in [1.82, 2.24) is 24.3 Å². The first kappa shape index (κ1) is 37.6. The van der Waals surface area contributed by atoms with Gasteiger partial charge < -0.3 is 19.3 Å². The first-order chi connectivity index (χ1) is 25.3. The molecule has 3 heterocycles. The maximum absolute atomic E-state index is 13.1. The van der Waals surface area contributed by atoms with E-state index in [-0.39, 0.29) is 31.5 Å². The lowest BCUT2D eigenvalue weighted by Crippen LogP contribution is -2.35. The van der Waals surface area contributed by atoms with Crippen LogP contribution in [0.1, 0.15) is 65.3 Å². The zero-order valence-electron chi connectivity index (χ0n) is 30.2. The van der Waals surface area contributed by atoms with Crippen LogP contribution in [-0.2, 0) is 34.0 Å². The van der Waals surface area contributed by atoms with E-state index in [0.717, 1.165) is 22.3 Å². The van der Waals surface area contributed by atoms with Crippen LogP contribution in [0, 0.1) is 12.3 Å². The molecular formula is C39H43N5O8S. The molecule has 1 aliphatic heterocycles. The monoisotopic (exact) mass is 741 g/mol. The van der Waals surface area contributed by atoms with Crippen molar-refractivity contribution < 1.29 is 38.0 Å². The quantitative estimate of drug-likeness (QED) is 0.111. The van der Waals surface area contributed by atoms with Gasteiger partial charge in [-0.3, -0.25) is 13.9 Å². The van der Waals surface area contributed by atoms with Gasteiger partial charge in [-0.2, -0.15) is 4.31 Å². The molecule has 14 heteroatoms. The maximum Gasteiger partial charge on any atom is 0.354 e. The summed E-state index contributed by atoms with van der Waals surface area (Å²) in [7, 11) is -2.03. The Morgan fingerprint density at radius 2 is 1.79 bits per heavy atom. The van der Waals surface area contributed by atoms with E-state index in [2.05, 4.69) is 15.3 Å². The number of esters is 1. The maximum atomic E-state index is 13.1. The number of methoxy groups -OCH3 is 1. The number of benzene rings is 3. The number of hydrogen-bond donors (Lipinski definition) is 3. The first-order valence-electron chi connectivity index (χ1n) is 17.0. The fraction of sp³-hybridized carbons (Fsp3) is 0.308. The standard InChI is InChI=1S/C39H43N5O8S/c1-25-16-17-29(19-30(25)22-44-20-26(2)52-34-14-6-7-15-35(34)53(44,48)49)36(39(3,4)38(47)50-5)51-24-31-23-43(42-41-31)21-27-10-8-11-28(18-27)32-12-9-13-33(40-32)37(45)46/h6-19,23,26,36,48-49H,20-22,24H2,1-5H3,(H,45,46)/t26-,36?/m1/s1. The number of aryl methyl sites for hydroxylation is 1. The van der Waals surface area contributed by atoms with Gasteiger partial charge in [-0.05, 0) is 80.3 Å². The van der Waals surface area contributed by atoms with Crippen molar-refractivity contribution >= 4 is 22.7 Å². The topological polar surface area (TPSA) is 169 Å². The molecule has 2 atom stereocenters. The lowest BCUT2D eigenvalue weighted by Gasteiger charge is -2.42. The zero-order valence-corrected chi connectivity index (χ0v) is 31.0. The Balaban J connectivity index is 1.22. The average molecular weight is 742 g/mol. The number of carbonyl (C=O) groups is 2. The third-order valence-electron chi connectivity index (χ3n) is 9.20. The summed E-state index contributed by atoms with van der Waals surface area (Å²) in [4.78, 5) is 29.1. The number of carbonyl (C=O) groups excluding carboxylic acids is 1. The molecule has 6 rings (SSSR count). The Morgan fingerprint density at radius 1 is 1.02 bits per heavy atom. The number of ether oxygens (including phenoxy) is 3. The second-order valence-corrected chi connectivity index (χ2v) is 15.6. The summed E-state index contributed by atoms with van der Waals surface area (Å²) >= 11 is 0. The highest BCUT2D eigenvalue weighted by Crippen LogP contribution is 2.57. The second kappa shape index (κ2) is 15.5. The molecule has 1 aliphatic rings. The summed E-state index contributed by atoms with van der Waals surface area (Å²) in [5.41, 5.74) is 4.10. The van der Waals surface area contributed by atoms with Gasteiger partial charge in [0.2, 0.25) is 0 Å². The number of rotatable bonds is 12. The van der Waals surface area contributed by atoms with Gasteiger partial charge >= 0.3 is 11.9 Å². The lowest BCUT2D eigenvalue weighted by molar-refractivity contribution is -0.162. The van der Waals surface area contributed by atoms with Crippen LogP contribution in [0.25, 0.3) is 11.3 Å². The SMILES string of the molecule is COC(=O)C(C)(C)C(OCc1cn(Cc2cccc(-c3cccc(C(=O)O)n3)c2)nn1)c1ccc(C)c(CN2C[C@@H](C)Oc3ccccc3S2(O)O)c1. The number of nitrogens with zero attached hydrogens (tertiary/aromatic N) is 5. The molecule has 0 bridgehead atoms. The minimum absolute atomic E-state index is 0.0315. The smallest absolute Gasteiger partial charge is 0.354 e. The number of hydrogen-bond acceptors (Lipinski definition) is 11. The largest absolute Gasteiger partial charge is 0.487 e. The Bertz CT molecular complexity index is 2120. The van der Waals surface area contributed by atoms with Gasteiger partial charge in [0.15, 0.2) is 0 Å². The Hall–Kier alpha value is -5.12. The summed E-state index contributed by atoms with van der Waals surface area (Å²) < 4.78 is 44.0. The molecule has 278 valence electrons. The molecule has 0 saturated heterocycles. The number of para-hydroxylation sites is 1. The van der Waals surface area contributed by atoms with Gasteiger partial charge in [0.05, 0.1) is 50.2 Å². The van der Waals surface area contributed by atoms with Crippen molar-refractivity contribution in [1.29, 1.82) is 0 Å². The molecule has 5 aromatic rings. The average Bonchev–Trinajstić information content (AvgIpc) is 3.55. The van der Waals surface area contributed by atoms with Crippen LogP contribution in [0.5, 0.6) is 5.75 Å². The minimum atomic E-state index is -3.37. The van der Waals surface area contributed by atoms with Gasteiger partial charge in [-0.1, -0.05) is 59.8 Å². The van der Waals surface area contributed by atoms with E-state index < -0.39 is 34.2 Å². The highest BCUT2D eigenvalue weighted by atomic mass is 32.3. The van der Waals surface area contributed by atoms with Crippen molar-refractivity contribution in [3.8, 4) is 17.0 Å². The second-order valence-electron chi connectivity index (χ2n) is 13.6. The van der Waals surface area contributed by atoms with Gasteiger partial charge in [0.25, 0.3) is 0 Å². The summed E-state index contributed by atoms with van der Waals surface area (Å²) in [5, 5.41) is 18.0. The van der Waals surface area contributed by atoms with Crippen LogP contribution >= 0.6 is 10.8 Å². The van der Waals surface area contributed by atoms with E-state index in [1.807, 2.05) is 56.3 Å². The molecule has 0 amide bonds. The number of carboxylic acids is 1. The van der Waals surface area contributed by atoms with E-state index in [9.17, 15) is 23.8 Å². The molecule has 3 aromatic carbocycles. The van der Waals surface area contributed by atoms with Gasteiger partial charge in [-0.25, -0.2) is 14.5 Å². The highest BCUT2D eigenvalue weighted by Gasteiger charge is 2.41. The minimum Gasteiger partial charge on any atom is -0.487 e. The van der Waals surface area contributed by atoms with E-state index in [1.54, 1.807) is 65.4 Å². The molecule has 2 aromatic heterocycles. The zero-order chi connectivity index (χ0) is 37.9. The van der Waals surface area contributed by atoms with Crippen LogP contribution in [0.15, 0.2) is 96.0 Å². The highest BCUT2D eigenvalue weighted by molar-refractivity contribution is 8.22. The molecule has 0 saturated carbocycles. The summed E-state index contributed by atoms with van der Waals surface area (Å²) in [5.74, 6) is -1.10. The number of aromatic nitrogens is 4. The van der Waals surface area contributed by atoms with Crippen molar-refractivity contribution in [3.05, 3.63) is 125 Å². The molecule has 0 radical (unpaired) electrons. The first-order valence-corrected chi connectivity index (χ1v) is 18.5. The fourth-order valence-corrected chi connectivity index (χ4v) is 8.06. The van der Waals surface area contributed by atoms with E-state index >= 15 is 0 Å². The third-order valence-corrected chi connectivity index (χ3v) is 11.1. The predicted molar refractivity (Wildman–Crippen MR) is 198 cm³/mol. The molecule has 0 aliphatic carbocycles. The fourth-order valence-electron chi connectivity index (χ4n) is 6.40. The molecule has 0 fully saturated rings. The van der Waals surface area contributed by atoms with Gasteiger partial charge in [0.1, 0.15) is 28.1 Å². The van der Waals surface area contributed by atoms with Crippen LogP contribution < -0.4 is 4.74 Å².